The molecule has 0 amide bonds. The maximum Gasteiger partial charge on any atom is 0.343 e. The number of benzene rings is 1. The first-order valence-electron chi connectivity index (χ1n) is 5.23. The first-order valence-corrected chi connectivity index (χ1v) is 5.61. The molecule has 0 N–H and O–H groups in total. The number of methoxy groups -OCH3 is 1. The molecule has 0 aromatic heterocycles. The molecule has 96 valence electrons. The van der Waals surface area contributed by atoms with Crippen molar-refractivity contribution >= 4 is 23.4 Å². The number of Topliss-reactive ketones (excluding diaryl/α,β-unsaturated/α-hetero) is 1. The van der Waals surface area contributed by atoms with Crippen LogP contribution in [0.5, 0.6) is 0 Å². The van der Waals surface area contributed by atoms with Gasteiger partial charge in [0.2, 0.25) is 5.78 Å². The molecular formula is C13H14ClNO3. The molecule has 1 rings (SSSR count). The van der Waals surface area contributed by atoms with Crippen molar-refractivity contribution in [1.29, 1.82) is 0 Å². The summed E-state index contributed by atoms with van der Waals surface area (Å²) in [5.41, 5.74) is 0.216. The van der Waals surface area contributed by atoms with Gasteiger partial charge in [-0.1, -0.05) is 23.7 Å². The minimum Gasteiger partial charge on any atom is -0.465 e. The SMILES string of the molecule is COC(=O)C(=CN(C)C)C(=O)c1ccccc1Cl. The van der Waals surface area contributed by atoms with Crippen molar-refractivity contribution in [3.63, 3.8) is 0 Å². The maximum absolute atomic E-state index is 12.2. The van der Waals surface area contributed by atoms with Gasteiger partial charge in [-0.05, 0) is 12.1 Å². The molecule has 5 heteroatoms. The van der Waals surface area contributed by atoms with Crippen LogP contribution in [0.4, 0.5) is 0 Å². The van der Waals surface area contributed by atoms with E-state index in [9.17, 15) is 9.59 Å². The van der Waals surface area contributed by atoms with Crippen LogP contribution in [0.15, 0.2) is 36.0 Å². The van der Waals surface area contributed by atoms with Crippen molar-refractivity contribution < 1.29 is 14.3 Å². The monoisotopic (exact) mass is 267 g/mol. The number of ketones is 1. The van der Waals surface area contributed by atoms with Crippen molar-refractivity contribution in [2.75, 3.05) is 21.2 Å². The summed E-state index contributed by atoms with van der Waals surface area (Å²) in [6.45, 7) is 0. The fourth-order valence-corrected chi connectivity index (χ4v) is 1.58. The molecular weight excluding hydrogens is 254 g/mol. The van der Waals surface area contributed by atoms with Crippen LogP contribution in [0, 0.1) is 0 Å². The summed E-state index contributed by atoms with van der Waals surface area (Å²) in [6.07, 6.45) is 1.41. The number of rotatable bonds is 4. The summed E-state index contributed by atoms with van der Waals surface area (Å²) >= 11 is 5.93. The van der Waals surface area contributed by atoms with Gasteiger partial charge in [-0.15, -0.1) is 0 Å². The van der Waals surface area contributed by atoms with Gasteiger partial charge in [-0.2, -0.15) is 0 Å². The molecule has 0 saturated heterocycles. The van der Waals surface area contributed by atoms with Crippen LogP contribution in [-0.4, -0.2) is 37.9 Å². The highest BCUT2D eigenvalue weighted by atomic mass is 35.5. The third-order valence-electron chi connectivity index (χ3n) is 2.16. The van der Waals surface area contributed by atoms with Crippen LogP contribution in [-0.2, 0) is 9.53 Å². The summed E-state index contributed by atoms with van der Waals surface area (Å²) in [5, 5.41) is 0.302. The Morgan fingerprint density at radius 3 is 2.39 bits per heavy atom. The van der Waals surface area contributed by atoms with Crippen LogP contribution in [0.3, 0.4) is 0 Å². The third-order valence-corrected chi connectivity index (χ3v) is 2.49. The standard InChI is InChI=1S/C13H14ClNO3/c1-15(2)8-10(13(17)18-3)12(16)9-6-4-5-7-11(9)14/h4-8H,1-3H3. The van der Waals surface area contributed by atoms with Gasteiger partial charge in [0.25, 0.3) is 0 Å². The molecule has 0 saturated carbocycles. The van der Waals surface area contributed by atoms with Gasteiger partial charge in [-0.25, -0.2) is 4.79 Å². The summed E-state index contributed by atoms with van der Waals surface area (Å²) in [5.74, 6) is -1.14. The van der Waals surface area contributed by atoms with Gasteiger partial charge < -0.3 is 9.64 Å². The number of esters is 1. The predicted octanol–water partition coefficient (Wildman–Crippen LogP) is 2.14. The van der Waals surface area contributed by atoms with Crippen molar-refractivity contribution in [3.8, 4) is 0 Å². The average molecular weight is 268 g/mol. The molecule has 0 spiro atoms. The van der Waals surface area contributed by atoms with E-state index < -0.39 is 11.8 Å². The minimum absolute atomic E-state index is 0.0596. The van der Waals surface area contributed by atoms with Crippen molar-refractivity contribution in [2.45, 2.75) is 0 Å². The molecule has 0 aliphatic rings. The molecule has 0 bridgehead atoms. The molecule has 0 unspecified atom stereocenters. The topological polar surface area (TPSA) is 46.6 Å². The fourth-order valence-electron chi connectivity index (χ4n) is 1.36. The first kappa shape index (κ1) is 14.3. The Balaban J connectivity index is 3.20. The van der Waals surface area contributed by atoms with Crippen molar-refractivity contribution in [1.82, 2.24) is 4.90 Å². The van der Waals surface area contributed by atoms with Crippen LogP contribution >= 0.6 is 11.6 Å². The molecule has 0 aliphatic carbocycles. The van der Waals surface area contributed by atoms with E-state index in [2.05, 4.69) is 4.74 Å². The van der Waals surface area contributed by atoms with E-state index in [1.807, 2.05) is 0 Å². The number of hydrogen-bond acceptors (Lipinski definition) is 4. The smallest absolute Gasteiger partial charge is 0.343 e. The molecule has 0 fully saturated rings. The molecule has 0 aliphatic heterocycles. The van der Waals surface area contributed by atoms with E-state index in [-0.39, 0.29) is 11.1 Å². The van der Waals surface area contributed by atoms with Gasteiger partial charge in [0.15, 0.2) is 0 Å². The largest absolute Gasteiger partial charge is 0.465 e. The molecule has 0 heterocycles. The number of nitrogens with zero attached hydrogens (tertiary/aromatic N) is 1. The lowest BCUT2D eigenvalue weighted by Gasteiger charge is -2.10. The number of halogens is 1. The first-order chi connectivity index (χ1) is 8.47. The Bertz CT molecular complexity index is 495. The van der Waals surface area contributed by atoms with Crippen LogP contribution in [0.25, 0.3) is 0 Å². The van der Waals surface area contributed by atoms with Crippen LogP contribution < -0.4 is 0 Å². The third kappa shape index (κ3) is 3.34. The molecule has 1 aromatic carbocycles. The number of ether oxygens (including phenoxy) is 1. The maximum atomic E-state index is 12.2. The molecule has 4 nitrogen and oxygen atoms in total. The quantitative estimate of drug-likeness (QED) is 0.276. The zero-order valence-corrected chi connectivity index (χ0v) is 11.2. The fraction of sp³-hybridized carbons (Fsp3) is 0.231. The normalized spacial score (nSPS) is 11.0. The van der Waals surface area contributed by atoms with Crippen molar-refractivity contribution in [3.05, 3.63) is 46.6 Å². The second kappa shape index (κ2) is 6.21. The number of hydrogen-bond donors (Lipinski definition) is 0. The van der Waals surface area contributed by atoms with E-state index in [1.165, 1.54) is 13.3 Å². The lowest BCUT2D eigenvalue weighted by atomic mass is 10.0. The molecule has 0 radical (unpaired) electrons. The van der Waals surface area contributed by atoms with E-state index in [4.69, 9.17) is 11.6 Å². The molecule has 0 atom stereocenters. The van der Waals surface area contributed by atoms with Crippen molar-refractivity contribution in [2.24, 2.45) is 0 Å². The Morgan fingerprint density at radius 1 is 1.28 bits per heavy atom. The Morgan fingerprint density at radius 2 is 1.89 bits per heavy atom. The highest BCUT2D eigenvalue weighted by Crippen LogP contribution is 2.19. The van der Waals surface area contributed by atoms with Crippen LogP contribution in [0.2, 0.25) is 5.02 Å². The Labute approximate surface area is 111 Å². The second-order valence-corrected chi connectivity index (χ2v) is 4.21. The summed E-state index contributed by atoms with van der Waals surface area (Å²) in [6, 6.07) is 6.56. The second-order valence-electron chi connectivity index (χ2n) is 3.81. The van der Waals surface area contributed by atoms with E-state index in [0.717, 1.165) is 0 Å². The summed E-state index contributed by atoms with van der Waals surface area (Å²) < 4.78 is 4.60. The van der Waals surface area contributed by atoms with E-state index in [1.54, 1.807) is 43.3 Å². The highest BCUT2D eigenvalue weighted by molar-refractivity contribution is 6.36. The lowest BCUT2D eigenvalue weighted by Crippen LogP contribution is -2.18. The molecule has 1 aromatic rings. The average Bonchev–Trinajstić information content (AvgIpc) is 2.34. The van der Waals surface area contributed by atoms with E-state index in [0.29, 0.717) is 5.02 Å². The minimum atomic E-state index is -0.686. The van der Waals surface area contributed by atoms with Gasteiger partial charge in [-0.3, -0.25) is 4.79 Å². The summed E-state index contributed by atoms with van der Waals surface area (Å²) in [4.78, 5) is 25.4. The predicted molar refractivity (Wildman–Crippen MR) is 69.6 cm³/mol. The highest BCUT2D eigenvalue weighted by Gasteiger charge is 2.22. The van der Waals surface area contributed by atoms with E-state index >= 15 is 0 Å². The van der Waals surface area contributed by atoms with Gasteiger partial charge in [0, 0.05) is 25.9 Å². The zero-order chi connectivity index (χ0) is 13.7. The van der Waals surface area contributed by atoms with Gasteiger partial charge in [0.05, 0.1) is 12.1 Å². The van der Waals surface area contributed by atoms with Gasteiger partial charge in [0.1, 0.15) is 5.57 Å². The zero-order valence-electron chi connectivity index (χ0n) is 10.4. The summed E-state index contributed by atoms with van der Waals surface area (Å²) in [7, 11) is 4.65. The van der Waals surface area contributed by atoms with Crippen LogP contribution in [0.1, 0.15) is 10.4 Å². The number of carbonyl (C=O) groups excluding carboxylic acids is 2. The number of carbonyl (C=O) groups is 2. The van der Waals surface area contributed by atoms with Gasteiger partial charge >= 0.3 is 5.97 Å². The Kier molecular flexibility index (Phi) is 4.92. The lowest BCUT2D eigenvalue weighted by molar-refractivity contribution is -0.135. The molecule has 18 heavy (non-hydrogen) atoms. The Hall–Kier alpha value is -1.81.